The minimum atomic E-state index is -1.05. The van der Waals surface area contributed by atoms with E-state index in [4.69, 9.17) is 9.84 Å². The number of carbonyl (C=O) groups excluding carboxylic acids is 1. The highest BCUT2D eigenvalue weighted by molar-refractivity contribution is 6.12. The molecule has 2 atom stereocenters. The fourth-order valence-electron chi connectivity index (χ4n) is 1.92. The van der Waals surface area contributed by atoms with E-state index in [0.29, 0.717) is 12.3 Å². The number of β-lactam (4-membered cyclic amide) rings is 1. The molecule has 2 rings (SSSR count). The molecule has 1 heterocycles. The summed E-state index contributed by atoms with van der Waals surface area (Å²) in [5.41, 5.74) is 0.584. The highest BCUT2D eigenvalue weighted by atomic mass is 16.5. The number of ether oxygens (including phenoxy) is 1. The monoisotopic (exact) mass is 235 g/mol. The number of hydrogen-bond donors (Lipinski definition) is 1. The molecule has 0 aliphatic carbocycles. The molecule has 5 heteroatoms. The number of carboxylic acid groups (broad SMARTS) is 1. The van der Waals surface area contributed by atoms with Gasteiger partial charge >= 0.3 is 5.97 Å². The highest BCUT2D eigenvalue weighted by Gasteiger charge is 2.53. The molecule has 1 aromatic carbocycles. The Morgan fingerprint density at radius 2 is 2.06 bits per heavy atom. The number of carbonyl (C=O) groups is 2. The van der Waals surface area contributed by atoms with Crippen LogP contribution in [-0.2, 0) is 14.3 Å². The van der Waals surface area contributed by atoms with E-state index in [9.17, 15) is 9.59 Å². The summed E-state index contributed by atoms with van der Waals surface area (Å²) < 4.78 is 5.14. The van der Waals surface area contributed by atoms with Crippen LogP contribution >= 0.6 is 0 Å². The van der Waals surface area contributed by atoms with Crippen LogP contribution in [0.25, 0.3) is 0 Å². The summed E-state index contributed by atoms with van der Waals surface area (Å²) in [4.78, 5) is 24.2. The van der Waals surface area contributed by atoms with Gasteiger partial charge in [-0.25, -0.2) is 4.79 Å². The number of amides is 1. The van der Waals surface area contributed by atoms with Gasteiger partial charge in [0.25, 0.3) is 5.91 Å². The molecular formula is C12H13NO4. The van der Waals surface area contributed by atoms with Gasteiger partial charge in [0.2, 0.25) is 0 Å². The predicted octanol–water partition coefficient (Wildman–Crippen LogP) is 0.891. The molecule has 1 saturated heterocycles. The number of anilines is 1. The first-order valence-electron chi connectivity index (χ1n) is 5.39. The molecule has 0 unspecified atom stereocenters. The van der Waals surface area contributed by atoms with Crippen LogP contribution in [0.2, 0.25) is 0 Å². The Kier molecular flexibility index (Phi) is 3.10. The molecule has 1 aromatic rings. The predicted molar refractivity (Wildman–Crippen MR) is 60.8 cm³/mol. The zero-order valence-corrected chi connectivity index (χ0v) is 9.37. The summed E-state index contributed by atoms with van der Waals surface area (Å²) in [7, 11) is 0. The van der Waals surface area contributed by atoms with Gasteiger partial charge in [-0.15, -0.1) is 0 Å². The Labute approximate surface area is 98.6 Å². The summed E-state index contributed by atoms with van der Waals surface area (Å²) in [5, 5.41) is 9.11. The molecule has 0 saturated carbocycles. The number of nitrogens with zero attached hydrogens (tertiary/aromatic N) is 1. The lowest BCUT2D eigenvalue weighted by Crippen LogP contribution is -2.69. The fourth-order valence-corrected chi connectivity index (χ4v) is 1.92. The Morgan fingerprint density at radius 1 is 1.41 bits per heavy atom. The SMILES string of the molecule is CCO[C@H]1C(=O)N(c2ccccc2)[C@H]1C(=O)O. The van der Waals surface area contributed by atoms with Gasteiger partial charge in [-0.05, 0) is 19.1 Å². The van der Waals surface area contributed by atoms with Gasteiger partial charge < -0.3 is 9.84 Å². The lowest BCUT2D eigenvalue weighted by molar-refractivity contribution is -0.157. The average molecular weight is 235 g/mol. The van der Waals surface area contributed by atoms with Crippen LogP contribution in [0.15, 0.2) is 30.3 Å². The largest absolute Gasteiger partial charge is 0.480 e. The standard InChI is InChI=1S/C12H13NO4/c1-2-17-10-9(12(15)16)13(11(10)14)8-6-4-3-5-7-8/h3-7,9-10H,2H2,1H3,(H,15,16)/t9-,10-/m1/s1. The van der Waals surface area contributed by atoms with Crippen molar-refractivity contribution >= 4 is 17.6 Å². The summed E-state index contributed by atoms with van der Waals surface area (Å²) in [6, 6.07) is 7.81. The van der Waals surface area contributed by atoms with Crippen molar-refractivity contribution in [1.82, 2.24) is 0 Å². The second-order valence-corrected chi connectivity index (χ2v) is 3.70. The van der Waals surface area contributed by atoms with E-state index in [1.54, 1.807) is 31.2 Å². The lowest BCUT2D eigenvalue weighted by atomic mass is 9.96. The molecule has 0 bridgehead atoms. The molecule has 1 N–H and O–H groups in total. The maximum atomic E-state index is 11.8. The molecule has 0 aromatic heterocycles. The Morgan fingerprint density at radius 3 is 2.59 bits per heavy atom. The third-order valence-electron chi connectivity index (χ3n) is 2.68. The zero-order chi connectivity index (χ0) is 12.4. The topological polar surface area (TPSA) is 66.8 Å². The minimum Gasteiger partial charge on any atom is -0.480 e. The number of rotatable bonds is 4. The number of carboxylic acids is 1. The van der Waals surface area contributed by atoms with E-state index in [1.165, 1.54) is 4.90 Å². The van der Waals surface area contributed by atoms with Crippen LogP contribution in [0.3, 0.4) is 0 Å². The third-order valence-corrected chi connectivity index (χ3v) is 2.68. The van der Waals surface area contributed by atoms with Crippen molar-refractivity contribution in [3.8, 4) is 0 Å². The summed E-state index contributed by atoms with van der Waals surface area (Å²) in [5.74, 6) is -1.35. The summed E-state index contributed by atoms with van der Waals surface area (Å²) in [6.07, 6.45) is -0.863. The quantitative estimate of drug-likeness (QED) is 0.787. The molecule has 1 fully saturated rings. The maximum absolute atomic E-state index is 11.8. The summed E-state index contributed by atoms with van der Waals surface area (Å²) in [6.45, 7) is 2.06. The Hall–Kier alpha value is -1.88. The van der Waals surface area contributed by atoms with Crippen molar-refractivity contribution in [3.63, 3.8) is 0 Å². The van der Waals surface area contributed by atoms with Gasteiger partial charge in [-0.2, -0.15) is 0 Å². The maximum Gasteiger partial charge on any atom is 0.330 e. The molecule has 1 aliphatic rings. The normalized spacial score (nSPS) is 23.4. The molecule has 0 spiro atoms. The number of hydrogen-bond acceptors (Lipinski definition) is 3. The molecule has 90 valence electrons. The van der Waals surface area contributed by atoms with Gasteiger partial charge in [0, 0.05) is 12.3 Å². The van der Waals surface area contributed by atoms with Gasteiger partial charge in [0.05, 0.1) is 0 Å². The second-order valence-electron chi connectivity index (χ2n) is 3.70. The van der Waals surface area contributed by atoms with E-state index >= 15 is 0 Å². The van der Waals surface area contributed by atoms with E-state index in [2.05, 4.69) is 0 Å². The Balaban J connectivity index is 2.24. The fraction of sp³-hybridized carbons (Fsp3) is 0.333. The molecule has 17 heavy (non-hydrogen) atoms. The van der Waals surface area contributed by atoms with Gasteiger partial charge in [-0.3, -0.25) is 9.69 Å². The van der Waals surface area contributed by atoms with E-state index in [1.807, 2.05) is 6.07 Å². The number of benzene rings is 1. The highest BCUT2D eigenvalue weighted by Crippen LogP contribution is 2.30. The van der Waals surface area contributed by atoms with Crippen LogP contribution in [0.4, 0.5) is 5.69 Å². The average Bonchev–Trinajstić information content (AvgIpc) is 2.33. The number of aliphatic carboxylic acids is 1. The van der Waals surface area contributed by atoms with Crippen molar-refractivity contribution in [2.24, 2.45) is 0 Å². The molecule has 5 nitrogen and oxygen atoms in total. The third kappa shape index (κ3) is 1.89. The molecule has 0 radical (unpaired) electrons. The minimum absolute atomic E-state index is 0.301. The zero-order valence-electron chi connectivity index (χ0n) is 9.37. The molecular weight excluding hydrogens is 222 g/mol. The van der Waals surface area contributed by atoms with Crippen molar-refractivity contribution < 1.29 is 19.4 Å². The van der Waals surface area contributed by atoms with E-state index in [-0.39, 0.29) is 5.91 Å². The molecule has 1 amide bonds. The molecule has 1 aliphatic heterocycles. The van der Waals surface area contributed by atoms with Gasteiger partial charge in [0.1, 0.15) is 0 Å². The van der Waals surface area contributed by atoms with Crippen LogP contribution in [0.5, 0.6) is 0 Å². The van der Waals surface area contributed by atoms with Gasteiger partial charge in [-0.1, -0.05) is 18.2 Å². The van der Waals surface area contributed by atoms with Crippen molar-refractivity contribution in [3.05, 3.63) is 30.3 Å². The summed E-state index contributed by atoms with van der Waals surface area (Å²) >= 11 is 0. The van der Waals surface area contributed by atoms with Crippen LogP contribution in [0.1, 0.15) is 6.92 Å². The van der Waals surface area contributed by atoms with Crippen LogP contribution < -0.4 is 4.90 Å². The Bertz CT molecular complexity index is 431. The lowest BCUT2D eigenvalue weighted by Gasteiger charge is -2.43. The van der Waals surface area contributed by atoms with Gasteiger partial charge in [0.15, 0.2) is 12.1 Å². The van der Waals surface area contributed by atoms with Crippen LogP contribution in [-0.4, -0.2) is 35.7 Å². The van der Waals surface area contributed by atoms with Crippen molar-refractivity contribution in [2.45, 2.75) is 19.1 Å². The van der Waals surface area contributed by atoms with Crippen LogP contribution in [0, 0.1) is 0 Å². The second kappa shape index (κ2) is 4.55. The van der Waals surface area contributed by atoms with Crippen molar-refractivity contribution in [1.29, 1.82) is 0 Å². The first-order chi connectivity index (χ1) is 8.16. The number of para-hydroxylation sites is 1. The first kappa shape index (κ1) is 11.6. The first-order valence-corrected chi connectivity index (χ1v) is 5.39. The van der Waals surface area contributed by atoms with Crippen molar-refractivity contribution in [2.75, 3.05) is 11.5 Å². The van der Waals surface area contributed by atoms with E-state index in [0.717, 1.165) is 0 Å². The smallest absolute Gasteiger partial charge is 0.330 e. The van der Waals surface area contributed by atoms with E-state index < -0.39 is 18.1 Å².